The summed E-state index contributed by atoms with van der Waals surface area (Å²) in [5.41, 5.74) is -0.625. The molecule has 0 unspecified atom stereocenters. The summed E-state index contributed by atoms with van der Waals surface area (Å²) in [6.07, 6.45) is 0. The van der Waals surface area contributed by atoms with E-state index in [0.29, 0.717) is 12.2 Å². The Morgan fingerprint density at radius 1 is 1.39 bits per heavy atom. The topological polar surface area (TPSA) is 66.6 Å². The third-order valence-electron chi connectivity index (χ3n) is 2.22. The van der Waals surface area contributed by atoms with Gasteiger partial charge in [-0.25, -0.2) is 0 Å². The predicted octanol–water partition coefficient (Wildman–Crippen LogP) is 3.11. The molecule has 0 saturated heterocycles. The van der Waals surface area contributed by atoms with Crippen LogP contribution in [0.25, 0.3) is 0 Å². The molecule has 0 aliphatic rings. The first-order chi connectivity index (χ1) is 8.11. The number of benzene rings is 1. The van der Waals surface area contributed by atoms with Crippen LogP contribution in [-0.2, 0) is 0 Å². The van der Waals surface area contributed by atoms with Crippen molar-refractivity contribution in [2.45, 2.75) is 19.4 Å². The summed E-state index contributed by atoms with van der Waals surface area (Å²) in [6, 6.07) is 2.48. The summed E-state index contributed by atoms with van der Waals surface area (Å²) in [7, 11) is 1.71. The van der Waals surface area contributed by atoms with Crippen molar-refractivity contribution in [2.24, 2.45) is 0 Å². The van der Waals surface area contributed by atoms with Crippen LogP contribution in [0.4, 0.5) is 11.4 Å². The number of nitrogens with zero attached hydrogens (tertiary/aromatic N) is 2. The maximum Gasteiger partial charge on any atom is 0.272 e. The second-order valence-electron chi connectivity index (χ2n) is 4.68. The number of likely N-dealkylation sites (N-methyl/N-ethyl adjacent to an activating group) is 1. The number of nitro benzene ring substituents is 1. The highest BCUT2D eigenvalue weighted by molar-refractivity contribution is 6.39. The van der Waals surface area contributed by atoms with E-state index in [1.807, 2.05) is 0 Å². The largest absolute Gasteiger partial charge is 0.389 e. The lowest BCUT2D eigenvalue weighted by Crippen LogP contribution is -2.36. The van der Waals surface area contributed by atoms with Crippen LogP contribution in [0.15, 0.2) is 12.1 Å². The summed E-state index contributed by atoms with van der Waals surface area (Å²) < 4.78 is 0. The van der Waals surface area contributed by atoms with Crippen LogP contribution in [0.5, 0.6) is 0 Å². The molecule has 1 rings (SSSR count). The molecule has 0 fully saturated rings. The molecule has 0 amide bonds. The fraction of sp³-hybridized carbons (Fsp3) is 0.455. The zero-order valence-electron chi connectivity index (χ0n) is 10.3. The number of aliphatic hydroxyl groups is 1. The number of rotatable bonds is 4. The quantitative estimate of drug-likeness (QED) is 0.684. The Morgan fingerprint density at radius 2 is 1.83 bits per heavy atom. The zero-order valence-corrected chi connectivity index (χ0v) is 11.8. The molecule has 0 aliphatic carbocycles. The van der Waals surface area contributed by atoms with Gasteiger partial charge in [0.1, 0.15) is 0 Å². The van der Waals surface area contributed by atoms with Gasteiger partial charge in [-0.3, -0.25) is 10.1 Å². The van der Waals surface area contributed by atoms with E-state index in [9.17, 15) is 15.2 Å². The van der Waals surface area contributed by atoms with Crippen LogP contribution in [0.1, 0.15) is 13.8 Å². The molecule has 0 saturated carbocycles. The fourth-order valence-electron chi connectivity index (χ4n) is 1.68. The van der Waals surface area contributed by atoms with Crippen LogP contribution < -0.4 is 4.90 Å². The Bertz CT molecular complexity index is 449. The number of hydrogen-bond acceptors (Lipinski definition) is 4. The molecule has 0 aliphatic heterocycles. The monoisotopic (exact) mass is 292 g/mol. The Balaban J connectivity index is 3.14. The van der Waals surface area contributed by atoms with Gasteiger partial charge < -0.3 is 10.0 Å². The highest BCUT2D eigenvalue weighted by atomic mass is 35.5. The lowest BCUT2D eigenvalue weighted by Gasteiger charge is -2.28. The second-order valence-corrected chi connectivity index (χ2v) is 5.50. The lowest BCUT2D eigenvalue weighted by atomic mass is 10.1. The van der Waals surface area contributed by atoms with Crippen molar-refractivity contribution in [2.75, 3.05) is 18.5 Å². The van der Waals surface area contributed by atoms with Crippen LogP contribution in [0.2, 0.25) is 10.0 Å². The minimum atomic E-state index is -0.927. The van der Waals surface area contributed by atoms with Crippen molar-refractivity contribution in [1.82, 2.24) is 0 Å². The molecule has 0 atom stereocenters. The molecule has 1 aromatic rings. The number of hydrogen-bond donors (Lipinski definition) is 1. The Morgan fingerprint density at radius 3 is 2.17 bits per heavy atom. The summed E-state index contributed by atoms with van der Waals surface area (Å²) in [5.74, 6) is 0. The smallest absolute Gasteiger partial charge is 0.272 e. The molecule has 1 aromatic carbocycles. The van der Waals surface area contributed by atoms with E-state index in [1.165, 1.54) is 12.1 Å². The standard InChI is InChI=1S/C11H14Cl2N2O3/c1-11(2,16)6-14(3)10-8(12)4-7(15(17)18)5-9(10)13/h4-5,16H,6H2,1-3H3. The van der Waals surface area contributed by atoms with Crippen LogP contribution in [0.3, 0.4) is 0 Å². The van der Waals surface area contributed by atoms with Gasteiger partial charge in [0.05, 0.1) is 26.3 Å². The van der Waals surface area contributed by atoms with Crippen LogP contribution >= 0.6 is 23.2 Å². The first kappa shape index (κ1) is 15.0. The van der Waals surface area contributed by atoms with Gasteiger partial charge in [0.15, 0.2) is 0 Å². The molecule has 100 valence electrons. The summed E-state index contributed by atoms with van der Waals surface area (Å²) in [4.78, 5) is 11.8. The van der Waals surface area contributed by atoms with E-state index in [1.54, 1.807) is 25.8 Å². The summed E-state index contributed by atoms with van der Waals surface area (Å²) in [5, 5.41) is 20.8. The summed E-state index contributed by atoms with van der Waals surface area (Å²) >= 11 is 12.0. The third kappa shape index (κ3) is 3.73. The molecular weight excluding hydrogens is 279 g/mol. The van der Waals surface area contributed by atoms with Gasteiger partial charge in [-0.15, -0.1) is 0 Å². The van der Waals surface area contributed by atoms with Crippen molar-refractivity contribution in [1.29, 1.82) is 0 Å². The highest BCUT2D eigenvalue weighted by Gasteiger charge is 2.21. The van der Waals surface area contributed by atoms with Crippen LogP contribution in [0, 0.1) is 10.1 Å². The molecule has 0 spiro atoms. The average Bonchev–Trinajstić information content (AvgIpc) is 2.12. The normalized spacial score (nSPS) is 11.4. The fourth-order valence-corrected chi connectivity index (χ4v) is 2.45. The van der Waals surface area contributed by atoms with Gasteiger partial charge in [-0.1, -0.05) is 23.2 Å². The van der Waals surface area contributed by atoms with Gasteiger partial charge in [0.2, 0.25) is 0 Å². The highest BCUT2D eigenvalue weighted by Crippen LogP contribution is 2.37. The first-order valence-electron chi connectivity index (χ1n) is 5.19. The number of halogens is 2. The van der Waals surface area contributed by atoms with Crippen molar-refractivity contribution in [3.05, 3.63) is 32.3 Å². The predicted molar refractivity (Wildman–Crippen MR) is 72.7 cm³/mol. The van der Waals surface area contributed by atoms with Crippen molar-refractivity contribution < 1.29 is 10.0 Å². The molecule has 1 N–H and O–H groups in total. The van der Waals surface area contributed by atoms with Crippen molar-refractivity contribution in [3.8, 4) is 0 Å². The Labute approximate surface area is 115 Å². The van der Waals surface area contributed by atoms with Crippen molar-refractivity contribution in [3.63, 3.8) is 0 Å². The average molecular weight is 293 g/mol. The van der Waals surface area contributed by atoms with E-state index >= 15 is 0 Å². The Hall–Kier alpha value is -1.04. The van der Waals surface area contributed by atoms with Crippen molar-refractivity contribution >= 4 is 34.6 Å². The SMILES string of the molecule is CN(CC(C)(C)O)c1c(Cl)cc([N+](=O)[O-])cc1Cl. The minimum absolute atomic E-state index is 0.162. The molecule has 0 aromatic heterocycles. The number of nitro groups is 1. The lowest BCUT2D eigenvalue weighted by molar-refractivity contribution is -0.384. The molecular formula is C11H14Cl2N2O3. The maximum atomic E-state index is 10.6. The maximum absolute atomic E-state index is 10.6. The molecule has 0 heterocycles. The van der Waals surface area contributed by atoms with E-state index < -0.39 is 10.5 Å². The molecule has 18 heavy (non-hydrogen) atoms. The third-order valence-corrected chi connectivity index (χ3v) is 2.79. The zero-order chi connectivity index (χ0) is 14.1. The number of non-ortho nitro benzene ring substituents is 1. The van der Waals surface area contributed by atoms with Gasteiger partial charge in [0, 0.05) is 25.7 Å². The molecule has 0 radical (unpaired) electrons. The molecule has 5 nitrogen and oxygen atoms in total. The van der Waals surface area contributed by atoms with Crippen LogP contribution in [-0.4, -0.2) is 29.2 Å². The van der Waals surface area contributed by atoms with E-state index in [-0.39, 0.29) is 15.7 Å². The minimum Gasteiger partial charge on any atom is -0.389 e. The van der Waals surface area contributed by atoms with Gasteiger partial charge in [-0.2, -0.15) is 0 Å². The molecule has 7 heteroatoms. The summed E-state index contributed by atoms with van der Waals surface area (Å²) in [6.45, 7) is 3.59. The van der Waals surface area contributed by atoms with Gasteiger partial charge in [0.25, 0.3) is 5.69 Å². The molecule has 0 bridgehead atoms. The van der Waals surface area contributed by atoms with E-state index in [2.05, 4.69) is 0 Å². The number of anilines is 1. The van der Waals surface area contributed by atoms with Gasteiger partial charge >= 0.3 is 0 Å². The van der Waals surface area contributed by atoms with E-state index in [4.69, 9.17) is 23.2 Å². The van der Waals surface area contributed by atoms with Gasteiger partial charge in [-0.05, 0) is 13.8 Å². The Kier molecular flexibility index (Phi) is 4.42. The first-order valence-corrected chi connectivity index (χ1v) is 5.94. The van der Waals surface area contributed by atoms with E-state index in [0.717, 1.165) is 0 Å². The second kappa shape index (κ2) is 5.30.